The van der Waals surface area contributed by atoms with E-state index in [2.05, 4.69) is 5.32 Å². The number of carboxylic acid groups (broad SMARTS) is 1. The van der Waals surface area contributed by atoms with Crippen molar-refractivity contribution >= 4 is 11.9 Å². The van der Waals surface area contributed by atoms with Gasteiger partial charge in [-0.05, 0) is 25.0 Å². The first-order valence-electron chi connectivity index (χ1n) is 5.80. The molecule has 0 radical (unpaired) electrons. The zero-order valence-corrected chi connectivity index (χ0v) is 10.3. The molecule has 1 amide bonds. The molecule has 18 heavy (non-hydrogen) atoms. The highest BCUT2D eigenvalue weighted by atomic mass is 16.5. The molecule has 98 valence electrons. The Morgan fingerprint density at radius 2 is 2.06 bits per heavy atom. The summed E-state index contributed by atoms with van der Waals surface area (Å²) >= 11 is 0. The van der Waals surface area contributed by atoms with Crippen molar-refractivity contribution in [2.45, 2.75) is 13.3 Å². The third kappa shape index (κ3) is 4.55. The van der Waals surface area contributed by atoms with Crippen molar-refractivity contribution in [2.24, 2.45) is 0 Å². The van der Waals surface area contributed by atoms with Gasteiger partial charge in [0, 0.05) is 13.2 Å². The van der Waals surface area contributed by atoms with Crippen LogP contribution >= 0.6 is 0 Å². The number of hydrogen-bond donors (Lipinski definition) is 2. The molecule has 1 rings (SSSR count). The Balaban J connectivity index is 2.44. The summed E-state index contributed by atoms with van der Waals surface area (Å²) in [6.07, 6.45) is 0.486. The molecule has 0 saturated heterocycles. The maximum atomic E-state index is 11.3. The van der Waals surface area contributed by atoms with Crippen LogP contribution < -0.4 is 5.32 Å². The molecule has 0 aliphatic carbocycles. The molecule has 0 aliphatic rings. The zero-order chi connectivity index (χ0) is 13.4. The molecular formula is C13H17NO4. The number of carbonyl (C=O) groups is 2. The molecule has 0 atom stereocenters. The van der Waals surface area contributed by atoms with Crippen LogP contribution in [0.3, 0.4) is 0 Å². The molecule has 2 N–H and O–H groups in total. The number of nitrogens with one attached hydrogen (secondary N) is 1. The Labute approximate surface area is 106 Å². The predicted octanol–water partition coefficient (Wildman–Crippen LogP) is 1.08. The standard InChI is InChI=1S/C13H17NO4/c1-2-18-9-12(15)14-8-7-10-5-3-4-6-11(10)13(16)17/h3-6H,2,7-9H2,1H3,(H,14,15)(H,16,17). The number of rotatable bonds is 7. The van der Waals surface area contributed by atoms with Crippen LogP contribution in [0.15, 0.2) is 24.3 Å². The van der Waals surface area contributed by atoms with E-state index in [9.17, 15) is 9.59 Å². The molecule has 0 aliphatic heterocycles. The van der Waals surface area contributed by atoms with Gasteiger partial charge in [-0.1, -0.05) is 18.2 Å². The summed E-state index contributed by atoms with van der Waals surface area (Å²) in [5, 5.41) is 11.7. The Bertz CT molecular complexity index is 417. The van der Waals surface area contributed by atoms with Gasteiger partial charge in [0.1, 0.15) is 6.61 Å². The number of amides is 1. The molecule has 1 aromatic rings. The lowest BCUT2D eigenvalue weighted by molar-refractivity contribution is -0.125. The Morgan fingerprint density at radius 3 is 2.72 bits per heavy atom. The van der Waals surface area contributed by atoms with Crippen LogP contribution in [0.1, 0.15) is 22.8 Å². The highest BCUT2D eigenvalue weighted by Crippen LogP contribution is 2.08. The maximum absolute atomic E-state index is 11.3. The van der Waals surface area contributed by atoms with Crippen molar-refractivity contribution in [3.63, 3.8) is 0 Å². The fourth-order valence-electron chi connectivity index (χ4n) is 1.53. The van der Waals surface area contributed by atoms with Crippen LogP contribution in [0, 0.1) is 0 Å². The molecule has 0 aromatic heterocycles. The molecule has 0 heterocycles. The van der Waals surface area contributed by atoms with Gasteiger partial charge in [0.05, 0.1) is 5.56 Å². The molecule has 5 nitrogen and oxygen atoms in total. The number of hydrogen-bond acceptors (Lipinski definition) is 3. The van der Waals surface area contributed by atoms with Crippen LogP contribution in [-0.2, 0) is 16.0 Å². The zero-order valence-electron chi connectivity index (χ0n) is 10.3. The first-order valence-corrected chi connectivity index (χ1v) is 5.80. The molecule has 1 aromatic carbocycles. The molecule has 0 fully saturated rings. The minimum Gasteiger partial charge on any atom is -0.478 e. The lowest BCUT2D eigenvalue weighted by atomic mass is 10.0. The van der Waals surface area contributed by atoms with E-state index in [-0.39, 0.29) is 18.1 Å². The van der Waals surface area contributed by atoms with Crippen LogP contribution in [0.4, 0.5) is 0 Å². The average molecular weight is 251 g/mol. The number of aromatic carboxylic acids is 1. The van der Waals surface area contributed by atoms with Crippen LogP contribution in [0.2, 0.25) is 0 Å². The number of carbonyl (C=O) groups excluding carboxylic acids is 1. The van der Waals surface area contributed by atoms with E-state index in [0.29, 0.717) is 25.1 Å². The molecule has 5 heteroatoms. The van der Waals surface area contributed by atoms with Gasteiger partial charge in [-0.2, -0.15) is 0 Å². The minimum atomic E-state index is -0.953. The van der Waals surface area contributed by atoms with Gasteiger partial charge >= 0.3 is 5.97 Å². The molecular weight excluding hydrogens is 234 g/mol. The topological polar surface area (TPSA) is 75.6 Å². The Kier molecular flexibility index (Phi) is 5.87. The normalized spacial score (nSPS) is 10.1. The Morgan fingerprint density at radius 1 is 1.33 bits per heavy atom. The second kappa shape index (κ2) is 7.45. The Hall–Kier alpha value is -1.88. The summed E-state index contributed by atoms with van der Waals surface area (Å²) in [6, 6.07) is 6.77. The van der Waals surface area contributed by atoms with Gasteiger partial charge in [-0.3, -0.25) is 4.79 Å². The van der Waals surface area contributed by atoms with E-state index in [0.717, 1.165) is 0 Å². The third-order valence-electron chi connectivity index (χ3n) is 2.40. The fourth-order valence-corrected chi connectivity index (χ4v) is 1.53. The summed E-state index contributed by atoms with van der Waals surface area (Å²) in [5.41, 5.74) is 0.985. The number of benzene rings is 1. The van der Waals surface area contributed by atoms with Gasteiger partial charge in [-0.25, -0.2) is 4.79 Å². The average Bonchev–Trinajstić information content (AvgIpc) is 2.36. The molecule has 0 saturated carbocycles. The second-order valence-corrected chi connectivity index (χ2v) is 3.70. The van der Waals surface area contributed by atoms with E-state index in [1.165, 1.54) is 0 Å². The maximum Gasteiger partial charge on any atom is 0.335 e. The predicted molar refractivity (Wildman–Crippen MR) is 66.6 cm³/mol. The number of ether oxygens (including phenoxy) is 1. The number of carboxylic acids is 1. The van der Waals surface area contributed by atoms with Crippen molar-refractivity contribution in [3.05, 3.63) is 35.4 Å². The van der Waals surface area contributed by atoms with Crippen molar-refractivity contribution in [2.75, 3.05) is 19.8 Å². The second-order valence-electron chi connectivity index (χ2n) is 3.70. The molecule has 0 bridgehead atoms. The SMILES string of the molecule is CCOCC(=O)NCCc1ccccc1C(=O)O. The summed E-state index contributed by atoms with van der Waals surface area (Å²) in [4.78, 5) is 22.2. The van der Waals surface area contributed by atoms with Crippen LogP contribution in [0.25, 0.3) is 0 Å². The smallest absolute Gasteiger partial charge is 0.335 e. The van der Waals surface area contributed by atoms with Gasteiger partial charge in [0.25, 0.3) is 0 Å². The van der Waals surface area contributed by atoms with E-state index < -0.39 is 5.97 Å². The summed E-state index contributed by atoms with van der Waals surface area (Å²) in [6.45, 7) is 2.75. The van der Waals surface area contributed by atoms with Crippen molar-refractivity contribution in [1.29, 1.82) is 0 Å². The van der Waals surface area contributed by atoms with Gasteiger partial charge in [0.15, 0.2) is 0 Å². The fraction of sp³-hybridized carbons (Fsp3) is 0.385. The van der Waals surface area contributed by atoms with Crippen LogP contribution in [-0.4, -0.2) is 36.7 Å². The van der Waals surface area contributed by atoms with E-state index in [4.69, 9.17) is 9.84 Å². The lowest BCUT2D eigenvalue weighted by Crippen LogP contribution is -2.29. The first-order chi connectivity index (χ1) is 8.65. The summed E-state index contributed by atoms with van der Waals surface area (Å²) in [5.74, 6) is -1.14. The van der Waals surface area contributed by atoms with Gasteiger partial charge in [-0.15, -0.1) is 0 Å². The van der Waals surface area contributed by atoms with E-state index in [1.54, 1.807) is 24.3 Å². The van der Waals surface area contributed by atoms with Gasteiger partial charge < -0.3 is 15.2 Å². The van der Waals surface area contributed by atoms with Crippen LogP contribution in [0.5, 0.6) is 0 Å². The lowest BCUT2D eigenvalue weighted by Gasteiger charge is -2.07. The van der Waals surface area contributed by atoms with Gasteiger partial charge in [0.2, 0.25) is 5.91 Å². The van der Waals surface area contributed by atoms with Crippen molar-refractivity contribution < 1.29 is 19.4 Å². The monoisotopic (exact) mass is 251 g/mol. The van der Waals surface area contributed by atoms with Crippen molar-refractivity contribution in [3.8, 4) is 0 Å². The largest absolute Gasteiger partial charge is 0.478 e. The summed E-state index contributed by atoms with van der Waals surface area (Å²) in [7, 11) is 0. The van der Waals surface area contributed by atoms with E-state index in [1.807, 2.05) is 6.92 Å². The highest BCUT2D eigenvalue weighted by Gasteiger charge is 2.08. The highest BCUT2D eigenvalue weighted by molar-refractivity contribution is 5.89. The molecule has 0 spiro atoms. The minimum absolute atomic E-state index is 0.0388. The molecule has 0 unspecified atom stereocenters. The third-order valence-corrected chi connectivity index (χ3v) is 2.40. The summed E-state index contributed by atoms with van der Waals surface area (Å²) < 4.78 is 4.95. The first kappa shape index (κ1) is 14.2. The van der Waals surface area contributed by atoms with Crippen molar-refractivity contribution in [1.82, 2.24) is 5.32 Å². The van der Waals surface area contributed by atoms with E-state index >= 15 is 0 Å². The quantitative estimate of drug-likeness (QED) is 0.760.